The molecule has 23 heavy (non-hydrogen) atoms. The molecule has 0 radical (unpaired) electrons. The van der Waals surface area contributed by atoms with Crippen molar-refractivity contribution in [2.45, 2.75) is 19.8 Å². The summed E-state index contributed by atoms with van der Waals surface area (Å²) in [6, 6.07) is 6.82. The Morgan fingerprint density at radius 3 is 2.30 bits per heavy atom. The van der Waals surface area contributed by atoms with E-state index < -0.39 is 34.7 Å². The molecule has 0 fully saturated rings. The van der Waals surface area contributed by atoms with Crippen LogP contribution in [-0.2, 0) is 6.42 Å². The summed E-state index contributed by atoms with van der Waals surface area (Å²) in [4.78, 5) is 11.9. The van der Waals surface area contributed by atoms with Crippen LogP contribution in [0.1, 0.15) is 34.8 Å². The molecule has 0 amide bonds. The number of benzene rings is 2. The van der Waals surface area contributed by atoms with Crippen molar-refractivity contribution in [1.82, 2.24) is 0 Å². The number of carbonyl (C=O) groups is 1. The van der Waals surface area contributed by atoms with Gasteiger partial charge in [-0.3, -0.25) is 0 Å². The molecule has 0 aliphatic carbocycles. The van der Waals surface area contributed by atoms with Crippen molar-refractivity contribution >= 4 is 5.97 Å². The van der Waals surface area contributed by atoms with Crippen LogP contribution in [0.3, 0.4) is 0 Å². The van der Waals surface area contributed by atoms with E-state index in [1.54, 1.807) is 6.07 Å². The quantitative estimate of drug-likeness (QED) is 0.628. The van der Waals surface area contributed by atoms with Crippen molar-refractivity contribution in [2.75, 3.05) is 0 Å². The van der Waals surface area contributed by atoms with Crippen molar-refractivity contribution < 1.29 is 22.7 Å². The molecule has 0 aromatic heterocycles. The summed E-state index contributed by atoms with van der Waals surface area (Å²) >= 11 is 0. The molecule has 0 atom stereocenters. The average Bonchev–Trinajstić information content (AvgIpc) is 2.47. The Bertz CT molecular complexity index is 774. The Balaban J connectivity index is 2.24. The molecule has 0 aliphatic rings. The molecule has 6 heteroatoms. The maximum Gasteiger partial charge on any atom is 0.346 e. The van der Waals surface area contributed by atoms with E-state index in [0.29, 0.717) is 18.6 Å². The van der Waals surface area contributed by atoms with Gasteiger partial charge in [-0.25, -0.2) is 18.0 Å². The van der Waals surface area contributed by atoms with Crippen LogP contribution in [-0.4, -0.2) is 5.97 Å². The summed E-state index contributed by atoms with van der Waals surface area (Å²) in [5.74, 6) is -4.60. The van der Waals surface area contributed by atoms with Gasteiger partial charge in [0.25, 0.3) is 0 Å². The monoisotopic (exact) mass is 319 g/mol. The minimum absolute atomic E-state index is 0.338. The first-order chi connectivity index (χ1) is 11.0. The second-order valence-electron chi connectivity index (χ2n) is 4.83. The first kappa shape index (κ1) is 16.6. The SMILES string of the molecule is CCCc1ccc(C(=O)Oc2cc(F)c(C#N)c(F)c2)c(F)c1. The maximum atomic E-state index is 13.9. The highest BCUT2D eigenvalue weighted by atomic mass is 19.1. The summed E-state index contributed by atoms with van der Waals surface area (Å²) in [5, 5.41) is 8.57. The van der Waals surface area contributed by atoms with E-state index >= 15 is 0 Å². The van der Waals surface area contributed by atoms with Gasteiger partial charge < -0.3 is 4.74 Å². The van der Waals surface area contributed by atoms with E-state index in [2.05, 4.69) is 0 Å². The third-order valence-electron chi connectivity index (χ3n) is 3.13. The molecule has 118 valence electrons. The molecule has 2 aromatic rings. The average molecular weight is 319 g/mol. The third kappa shape index (κ3) is 3.69. The van der Waals surface area contributed by atoms with Crippen LogP contribution >= 0.6 is 0 Å². The predicted molar refractivity (Wildman–Crippen MR) is 76.4 cm³/mol. The van der Waals surface area contributed by atoms with Gasteiger partial charge in [0.15, 0.2) is 0 Å². The Morgan fingerprint density at radius 2 is 1.78 bits per heavy atom. The number of esters is 1. The molecular formula is C17H12F3NO2. The van der Waals surface area contributed by atoms with Crippen LogP contribution in [0.15, 0.2) is 30.3 Å². The largest absolute Gasteiger partial charge is 0.423 e. The van der Waals surface area contributed by atoms with Gasteiger partial charge in [0.05, 0.1) is 5.56 Å². The summed E-state index contributed by atoms with van der Waals surface area (Å²) in [5.41, 5.74) is -0.382. The van der Waals surface area contributed by atoms with E-state index in [4.69, 9.17) is 10.00 Å². The van der Waals surface area contributed by atoms with Crippen molar-refractivity contribution in [3.05, 3.63) is 64.5 Å². The zero-order valence-corrected chi connectivity index (χ0v) is 12.2. The maximum absolute atomic E-state index is 13.9. The van der Waals surface area contributed by atoms with Crippen LogP contribution < -0.4 is 4.74 Å². The fourth-order valence-electron chi connectivity index (χ4n) is 2.05. The molecule has 0 unspecified atom stereocenters. The molecule has 0 saturated heterocycles. The van der Waals surface area contributed by atoms with Crippen LogP contribution in [0.5, 0.6) is 5.75 Å². The number of hydrogen-bond donors (Lipinski definition) is 0. The lowest BCUT2D eigenvalue weighted by molar-refractivity contribution is 0.0729. The number of rotatable bonds is 4. The number of nitrogens with zero attached hydrogens (tertiary/aromatic N) is 1. The van der Waals surface area contributed by atoms with Crippen LogP contribution in [0, 0.1) is 28.8 Å². The zero-order chi connectivity index (χ0) is 17.0. The first-order valence-electron chi connectivity index (χ1n) is 6.86. The zero-order valence-electron chi connectivity index (χ0n) is 12.2. The molecule has 0 N–H and O–H groups in total. The van der Waals surface area contributed by atoms with Gasteiger partial charge in [-0.05, 0) is 24.1 Å². The van der Waals surface area contributed by atoms with Gasteiger partial charge >= 0.3 is 5.97 Å². The Morgan fingerprint density at radius 1 is 1.13 bits per heavy atom. The summed E-state index contributed by atoms with van der Waals surface area (Å²) in [6.07, 6.45) is 1.49. The van der Waals surface area contributed by atoms with Crippen molar-refractivity contribution in [3.8, 4) is 11.8 Å². The lowest BCUT2D eigenvalue weighted by Crippen LogP contribution is -2.11. The Labute approximate surface area is 130 Å². The van der Waals surface area contributed by atoms with E-state index in [1.807, 2.05) is 6.92 Å². The van der Waals surface area contributed by atoms with E-state index in [1.165, 1.54) is 18.2 Å². The lowest BCUT2D eigenvalue weighted by Gasteiger charge is -2.07. The number of nitriles is 1. The fourth-order valence-corrected chi connectivity index (χ4v) is 2.05. The Hall–Kier alpha value is -2.81. The fraction of sp³-hybridized carbons (Fsp3) is 0.176. The third-order valence-corrected chi connectivity index (χ3v) is 3.13. The van der Waals surface area contributed by atoms with Gasteiger partial charge in [-0.15, -0.1) is 0 Å². The van der Waals surface area contributed by atoms with Crippen molar-refractivity contribution in [3.63, 3.8) is 0 Å². The van der Waals surface area contributed by atoms with Crippen LogP contribution in [0.4, 0.5) is 13.2 Å². The number of hydrogen-bond acceptors (Lipinski definition) is 3. The molecule has 0 spiro atoms. The second kappa shape index (κ2) is 6.97. The Kier molecular flexibility index (Phi) is 5.02. The van der Waals surface area contributed by atoms with Crippen molar-refractivity contribution in [2.24, 2.45) is 0 Å². The minimum atomic E-state index is -1.16. The van der Waals surface area contributed by atoms with E-state index in [9.17, 15) is 18.0 Å². The van der Waals surface area contributed by atoms with Gasteiger partial charge in [-0.2, -0.15) is 5.26 Å². The van der Waals surface area contributed by atoms with Crippen LogP contribution in [0.25, 0.3) is 0 Å². The molecular weight excluding hydrogens is 307 g/mol. The molecule has 2 aromatic carbocycles. The first-order valence-corrected chi connectivity index (χ1v) is 6.86. The van der Waals surface area contributed by atoms with Gasteiger partial charge in [0, 0.05) is 12.1 Å². The predicted octanol–water partition coefficient (Wildman–Crippen LogP) is 4.15. The topological polar surface area (TPSA) is 50.1 Å². The summed E-state index contributed by atoms with van der Waals surface area (Å²) < 4.78 is 45.6. The smallest absolute Gasteiger partial charge is 0.346 e. The number of aryl methyl sites for hydroxylation is 1. The van der Waals surface area contributed by atoms with Gasteiger partial charge in [0.2, 0.25) is 0 Å². The highest BCUT2D eigenvalue weighted by Crippen LogP contribution is 2.22. The standard InChI is InChI=1S/C17H12F3NO2/c1-2-3-10-4-5-12(14(18)6-10)17(22)23-11-7-15(19)13(9-21)16(20)8-11/h4-8H,2-3H2,1H3. The molecule has 0 saturated carbocycles. The highest BCUT2D eigenvalue weighted by molar-refractivity contribution is 5.91. The molecule has 2 rings (SSSR count). The van der Waals surface area contributed by atoms with Gasteiger partial charge in [-0.1, -0.05) is 19.4 Å². The summed E-state index contributed by atoms with van der Waals surface area (Å²) in [7, 11) is 0. The number of carbonyl (C=O) groups excluding carboxylic acids is 1. The molecule has 3 nitrogen and oxygen atoms in total. The normalized spacial score (nSPS) is 10.2. The van der Waals surface area contributed by atoms with E-state index in [-0.39, 0.29) is 5.56 Å². The number of halogens is 3. The lowest BCUT2D eigenvalue weighted by atomic mass is 10.1. The molecule has 0 aliphatic heterocycles. The van der Waals surface area contributed by atoms with Gasteiger partial charge in [0.1, 0.15) is 34.8 Å². The molecule has 0 bridgehead atoms. The minimum Gasteiger partial charge on any atom is -0.423 e. The van der Waals surface area contributed by atoms with Crippen LogP contribution in [0.2, 0.25) is 0 Å². The molecule has 0 heterocycles. The van der Waals surface area contributed by atoms with E-state index in [0.717, 1.165) is 12.0 Å². The second-order valence-corrected chi connectivity index (χ2v) is 4.83. The van der Waals surface area contributed by atoms with Crippen molar-refractivity contribution in [1.29, 1.82) is 5.26 Å². The highest BCUT2D eigenvalue weighted by Gasteiger charge is 2.17. The number of ether oxygens (including phenoxy) is 1. The summed E-state index contributed by atoms with van der Waals surface area (Å²) in [6.45, 7) is 1.94.